The molecule has 0 radical (unpaired) electrons. The van der Waals surface area contributed by atoms with Gasteiger partial charge < -0.3 is 0 Å². The Morgan fingerprint density at radius 2 is 2.20 bits per heavy atom. The lowest BCUT2D eigenvalue weighted by Gasteiger charge is -1.98. The largest absolute Gasteiger partial charge is 0.212 e. The van der Waals surface area contributed by atoms with Crippen molar-refractivity contribution in [1.29, 1.82) is 0 Å². The normalized spacial score (nSPS) is 14.9. The first-order chi connectivity index (χ1) is 4.70. The van der Waals surface area contributed by atoms with Gasteiger partial charge in [-0.2, -0.15) is 0 Å². The minimum Gasteiger partial charge on any atom is -0.212 e. The van der Waals surface area contributed by atoms with Crippen LogP contribution in [0.1, 0.15) is 26.7 Å². The monoisotopic (exact) mass is 140 g/mol. The minimum atomic E-state index is 0.674. The molecule has 1 heteroatoms. The molecular weight excluding hydrogens is 122 g/mol. The molecule has 0 saturated heterocycles. The first-order valence-corrected chi connectivity index (χ1v) is 3.90. The summed E-state index contributed by atoms with van der Waals surface area (Å²) in [6.07, 6.45) is 6.53. The molecule has 0 aromatic rings. The van der Waals surface area contributed by atoms with Crippen LogP contribution in [0.3, 0.4) is 0 Å². The zero-order valence-electron chi connectivity index (χ0n) is 7.30. The third-order valence-corrected chi connectivity index (χ3v) is 1.52. The van der Waals surface area contributed by atoms with E-state index in [2.05, 4.69) is 26.6 Å². The lowest BCUT2D eigenvalue weighted by atomic mass is 10.1. The van der Waals surface area contributed by atoms with Crippen LogP contribution in [0.15, 0.2) is 12.8 Å². The average Bonchev–Trinajstić information content (AvgIpc) is 1.88. The molecule has 0 heterocycles. The maximum absolute atomic E-state index is 3.67. The summed E-state index contributed by atoms with van der Waals surface area (Å²) in [7, 11) is 2.01. The van der Waals surface area contributed by atoms with Crippen molar-refractivity contribution < 1.29 is 4.58 Å². The van der Waals surface area contributed by atoms with Crippen LogP contribution < -0.4 is 0 Å². The summed E-state index contributed by atoms with van der Waals surface area (Å²) >= 11 is 0. The molecule has 0 aromatic heterocycles. The maximum Gasteiger partial charge on any atom is 0.161 e. The lowest BCUT2D eigenvalue weighted by Crippen LogP contribution is -2.05. The fraction of sp³-hybridized carbons (Fsp3) is 0.667. The van der Waals surface area contributed by atoms with Crippen LogP contribution in [0.25, 0.3) is 0 Å². The zero-order chi connectivity index (χ0) is 7.98. The van der Waals surface area contributed by atoms with Crippen molar-refractivity contribution in [2.45, 2.75) is 26.7 Å². The molecule has 0 aliphatic heterocycles. The van der Waals surface area contributed by atoms with Crippen molar-refractivity contribution in [2.75, 3.05) is 7.05 Å². The molecule has 0 amide bonds. The standard InChI is InChI=1S/C9H18N/c1-5-7-9(3)8-10(4)6-2/h6,8-9H,2,5,7H2,1,3-4H3/q+1. The summed E-state index contributed by atoms with van der Waals surface area (Å²) in [5.41, 5.74) is 0. The molecule has 0 spiro atoms. The Labute approximate surface area is 64.1 Å². The Kier molecular flexibility index (Phi) is 4.91. The van der Waals surface area contributed by atoms with Crippen LogP contribution in [0, 0.1) is 5.92 Å². The molecule has 0 saturated carbocycles. The van der Waals surface area contributed by atoms with Crippen molar-refractivity contribution in [2.24, 2.45) is 5.92 Å². The average molecular weight is 140 g/mol. The molecule has 0 fully saturated rings. The molecule has 10 heavy (non-hydrogen) atoms. The van der Waals surface area contributed by atoms with Gasteiger partial charge in [-0.3, -0.25) is 0 Å². The molecule has 0 rings (SSSR count). The van der Waals surface area contributed by atoms with Crippen LogP contribution in [0.4, 0.5) is 0 Å². The van der Waals surface area contributed by atoms with E-state index in [1.165, 1.54) is 12.8 Å². The van der Waals surface area contributed by atoms with Crippen LogP contribution >= 0.6 is 0 Å². The summed E-state index contributed by atoms with van der Waals surface area (Å²) in [6, 6.07) is 0. The Hall–Kier alpha value is -0.590. The highest BCUT2D eigenvalue weighted by Gasteiger charge is 1.99. The van der Waals surface area contributed by atoms with Gasteiger partial charge in [-0.1, -0.05) is 20.3 Å². The van der Waals surface area contributed by atoms with Crippen LogP contribution in [-0.4, -0.2) is 17.8 Å². The molecule has 0 aromatic carbocycles. The lowest BCUT2D eigenvalue weighted by molar-refractivity contribution is -0.418. The van der Waals surface area contributed by atoms with Crippen LogP contribution in [0.5, 0.6) is 0 Å². The van der Waals surface area contributed by atoms with E-state index in [1.54, 1.807) is 0 Å². The summed E-state index contributed by atoms with van der Waals surface area (Å²) < 4.78 is 2.01. The first kappa shape index (κ1) is 9.41. The highest BCUT2D eigenvalue weighted by Crippen LogP contribution is 2.00. The molecule has 1 unspecified atom stereocenters. The fourth-order valence-corrected chi connectivity index (χ4v) is 0.992. The van der Waals surface area contributed by atoms with Gasteiger partial charge in [0, 0.05) is 5.92 Å². The summed E-state index contributed by atoms with van der Waals surface area (Å²) in [5.74, 6) is 0.674. The van der Waals surface area contributed by atoms with Gasteiger partial charge in [0.15, 0.2) is 6.20 Å². The fourth-order valence-electron chi connectivity index (χ4n) is 0.992. The van der Waals surface area contributed by atoms with Gasteiger partial charge in [0.05, 0.1) is 0 Å². The predicted molar refractivity (Wildman–Crippen MR) is 46.5 cm³/mol. The minimum absolute atomic E-state index is 0.674. The summed E-state index contributed by atoms with van der Waals surface area (Å²) in [6.45, 7) is 8.10. The number of nitrogens with zero attached hydrogens (tertiary/aromatic N) is 1. The van der Waals surface area contributed by atoms with Crippen molar-refractivity contribution >= 4 is 6.21 Å². The van der Waals surface area contributed by atoms with Gasteiger partial charge in [-0.05, 0) is 13.0 Å². The highest BCUT2D eigenvalue weighted by atomic mass is 14.9. The topological polar surface area (TPSA) is 3.01 Å². The van der Waals surface area contributed by atoms with Gasteiger partial charge >= 0.3 is 0 Å². The van der Waals surface area contributed by atoms with Crippen molar-refractivity contribution in [1.82, 2.24) is 0 Å². The van der Waals surface area contributed by atoms with E-state index in [4.69, 9.17) is 0 Å². The molecule has 58 valence electrons. The highest BCUT2D eigenvalue weighted by molar-refractivity contribution is 5.54. The smallest absolute Gasteiger partial charge is 0.161 e. The molecular formula is C9H18N+. The molecule has 0 aliphatic carbocycles. The zero-order valence-corrected chi connectivity index (χ0v) is 7.30. The van der Waals surface area contributed by atoms with E-state index in [0.29, 0.717) is 5.92 Å². The predicted octanol–water partition coefficient (Wildman–Crippen LogP) is 2.28. The van der Waals surface area contributed by atoms with Crippen molar-refractivity contribution in [3.05, 3.63) is 12.8 Å². The number of hydrogen-bond donors (Lipinski definition) is 0. The van der Waals surface area contributed by atoms with Crippen molar-refractivity contribution in [3.63, 3.8) is 0 Å². The van der Waals surface area contributed by atoms with Crippen molar-refractivity contribution in [3.8, 4) is 0 Å². The van der Waals surface area contributed by atoms with E-state index in [9.17, 15) is 0 Å². The summed E-state index contributed by atoms with van der Waals surface area (Å²) in [4.78, 5) is 0. The van der Waals surface area contributed by atoms with E-state index in [1.807, 2.05) is 17.8 Å². The molecule has 0 bridgehead atoms. The second-order valence-electron chi connectivity index (χ2n) is 2.76. The summed E-state index contributed by atoms with van der Waals surface area (Å²) in [5, 5.41) is 0. The third-order valence-electron chi connectivity index (χ3n) is 1.52. The Balaban J connectivity index is 3.73. The Morgan fingerprint density at radius 3 is 2.60 bits per heavy atom. The quantitative estimate of drug-likeness (QED) is 0.416. The Bertz CT molecular complexity index is 125. The molecule has 1 nitrogen and oxygen atoms in total. The second-order valence-corrected chi connectivity index (χ2v) is 2.76. The number of hydrogen-bond acceptors (Lipinski definition) is 0. The van der Waals surface area contributed by atoms with Gasteiger partial charge in [0.2, 0.25) is 0 Å². The van der Waals surface area contributed by atoms with Crippen LogP contribution in [0.2, 0.25) is 0 Å². The maximum atomic E-state index is 3.67. The van der Waals surface area contributed by atoms with Crippen LogP contribution in [-0.2, 0) is 0 Å². The molecule has 0 aliphatic rings. The van der Waals surface area contributed by atoms with Gasteiger partial charge in [0.25, 0.3) is 0 Å². The number of rotatable bonds is 4. The second kappa shape index (κ2) is 5.21. The van der Waals surface area contributed by atoms with Gasteiger partial charge in [-0.15, -0.1) is 0 Å². The van der Waals surface area contributed by atoms with E-state index in [-0.39, 0.29) is 0 Å². The molecule has 0 N–H and O–H groups in total. The van der Waals surface area contributed by atoms with E-state index >= 15 is 0 Å². The molecule has 1 atom stereocenters. The first-order valence-electron chi connectivity index (χ1n) is 3.90. The SMILES string of the molecule is C=C[N+](C)=CC(C)CCC. The van der Waals surface area contributed by atoms with E-state index in [0.717, 1.165) is 0 Å². The van der Waals surface area contributed by atoms with Gasteiger partial charge in [0.1, 0.15) is 13.3 Å². The van der Waals surface area contributed by atoms with E-state index < -0.39 is 0 Å². The Morgan fingerprint density at radius 1 is 1.60 bits per heavy atom. The van der Waals surface area contributed by atoms with Gasteiger partial charge in [-0.25, -0.2) is 4.58 Å². The third kappa shape index (κ3) is 4.30.